The second-order valence-electron chi connectivity index (χ2n) is 4.91. The van der Waals surface area contributed by atoms with E-state index < -0.39 is 0 Å². The van der Waals surface area contributed by atoms with Crippen molar-refractivity contribution in [1.29, 1.82) is 0 Å². The zero-order chi connectivity index (χ0) is 10.5. The van der Waals surface area contributed by atoms with E-state index in [9.17, 15) is 4.79 Å². The lowest BCUT2D eigenvalue weighted by atomic mass is 9.88. The second kappa shape index (κ2) is 5.43. The van der Waals surface area contributed by atoms with Crippen molar-refractivity contribution in [3.63, 3.8) is 0 Å². The third kappa shape index (κ3) is 3.15. The summed E-state index contributed by atoms with van der Waals surface area (Å²) in [6.07, 6.45) is 12.6. The smallest absolute Gasteiger partial charge is 0.141 e. The van der Waals surface area contributed by atoms with Crippen LogP contribution < -0.4 is 0 Å². The minimum Gasteiger partial charge on any atom is -0.299 e. The SMILES string of the molecule is O=C1CCCCC1C=NC1CCCCC1. The molecule has 0 amide bonds. The molecular formula is C13H21NO. The molecule has 1 unspecified atom stereocenters. The predicted molar refractivity (Wildman–Crippen MR) is 62.3 cm³/mol. The predicted octanol–water partition coefficient (Wildman–Crippen LogP) is 3.15. The van der Waals surface area contributed by atoms with E-state index in [0.29, 0.717) is 11.8 Å². The van der Waals surface area contributed by atoms with Gasteiger partial charge in [-0.15, -0.1) is 0 Å². The van der Waals surface area contributed by atoms with Crippen LogP contribution in [0.2, 0.25) is 0 Å². The van der Waals surface area contributed by atoms with Crippen molar-refractivity contribution in [2.75, 3.05) is 0 Å². The quantitative estimate of drug-likeness (QED) is 0.640. The fourth-order valence-corrected chi connectivity index (χ4v) is 2.62. The summed E-state index contributed by atoms with van der Waals surface area (Å²) in [4.78, 5) is 16.2. The molecule has 2 aliphatic rings. The van der Waals surface area contributed by atoms with Gasteiger partial charge in [-0.3, -0.25) is 9.79 Å². The van der Waals surface area contributed by atoms with Gasteiger partial charge in [0.2, 0.25) is 0 Å². The maximum Gasteiger partial charge on any atom is 0.141 e. The Morgan fingerprint density at radius 2 is 1.73 bits per heavy atom. The summed E-state index contributed by atoms with van der Waals surface area (Å²) in [6.45, 7) is 0. The summed E-state index contributed by atoms with van der Waals surface area (Å²) in [5, 5.41) is 0. The first-order chi connectivity index (χ1) is 7.36. The summed E-state index contributed by atoms with van der Waals surface area (Å²) in [7, 11) is 0. The first-order valence-electron chi connectivity index (χ1n) is 6.42. The normalized spacial score (nSPS) is 29.9. The van der Waals surface area contributed by atoms with E-state index in [2.05, 4.69) is 4.99 Å². The van der Waals surface area contributed by atoms with Crippen molar-refractivity contribution in [3.8, 4) is 0 Å². The maximum absolute atomic E-state index is 11.6. The van der Waals surface area contributed by atoms with Crippen LogP contribution in [0.4, 0.5) is 0 Å². The van der Waals surface area contributed by atoms with E-state index in [1.54, 1.807) is 0 Å². The van der Waals surface area contributed by atoms with Gasteiger partial charge < -0.3 is 0 Å². The number of rotatable bonds is 2. The zero-order valence-electron chi connectivity index (χ0n) is 9.45. The van der Waals surface area contributed by atoms with Crippen molar-refractivity contribution in [3.05, 3.63) is 0 Å². The number of hydrogen-bond acceptors (Lipinski definition) is 2. The van der Waals surface area contributed by atoms with E-state index in [1.807, 2.05) is 6.21 Å². The van der Waals surface area contributed by atoms with Crippen LogP contribution in [0.5, 0.6) is 0 Å². The van der Waals surface area contributed by atoms with E-state index in [1.165, 1.54) is 38.5 Å². The van der Waals surface area contributed by atoms with Gasteiger partial charge in [0, 0.05) is 18.7 Å². The van der Waals surface area contributed by atoms with E-state index in [0.717, 1.165) is 19.3 Å². The Labute approximate surface area is 92.2 Å². The van der Waals surface area contributed by atoms with Crippen molar-refractivity contribution >= 4 is 12.0 Å². The molecule has 1 atom stereocenters. The van der Waals surface area contributed by atoms with Crippen molar-refractivity contribution in [2.45, 2.75) is 63.8 Å². The third-order valence-electron chi connectivity index (χ3n) is 3.65. The van der Waals surface area contributed by atoms with Gasteiger partial charge in [-0.05, 0) is 25.7 Å². The summed E-state index contributed by atoms with van der Waals surface area (Å²) in [6, 6.07) is 0.522. The van der Waals surface area contributed by atoms with Gasteiger partial charge in [-0.2, -0.15) is 0 Å². The average molecular weight is 207 g/mol. The molecule has 0 aliphatic heterocycles. The molecule has 2 rings (SSSR count). The average Bonchev–Trinajstić information content (AvgIpc) is 2.29. The van der Waals surface area contributed by atoms with Gasteiger partial charge in [0.15, 0.2) is 0 Å². The summed E-state index contributed by atoms with van der Waals surface area (Å²) in [5.41, 5.74) is 0. The summed E-state index contributed by atoms with van der Waals surface area (Å²) >= 11 is 0. The Kier molecular flexibility index (Phi) is 3.93. The monoisotopic (exact) mass is 207 g/mol. The van der Waals surface area contributed by atoms with E-state index in [-0.39, 0.29) is 5.92 Å². The van der Waals surface area contributed by atoms with Crippen LogP contribution in [0.3, 0.4) is 0 Å². The second-order valence-corrected chi connectivity index (χ2v) is 4.91. The minimum atomic E-state index is 0.153. The Morgan fingerprint density at radius 3 is 2.47 bits per heavy atom. The Bertz CT molecular complexity index is 241. The molecule has 2 aliphatic carbocycles. The van der Waals surface area contributed by atoms with Gasteiger partial charge in [0.1, 0.15) is 5.78 Å². The molecule has 0 saturated heterocycles. The molecule has 0 bridgehead atoms. The van der Waals surface area contributed by atoms with E-state index in [4.69, 9.17) is 0 Å². The maximum atomic E-state index is 11.6. The first kappa shape index (κ1) is 10.8. The fourth-order valence-electron chi connectivity index (χ4n) is 2.62. The molecule has 2 fully saturated rings. The molecule has 0 radical (unpaired) electrons. The van der Waals surface area contributed by atoms with Gasteiger partial charge in [-0.25, -0.2) is 0 Å². The highest BCUT2D eigenvalue weighted by molar-refractivity contribution is 5.95. The van der Waals surface area contributed by atoms with Crippen LogP contribution in [0.1, 0.15) is 57.8 Å². The molecule has 0 spiro atoms. The highest BCUT2D eigenvalue weighted by Crippen LogP contribution is 2.22. The van der Waals surface area contributed by atoms with Crippen molar-refractivity contribution in [2.24, 2.45) is 10.9 Å². The lowest BCUT2D eigenvalue weighted by molar-refractivity contribution is -0.122. The molecular weight excluding hydrogens is 186 g/mol. The molecule has 2 saturated carbocycles. The number of carbonyl (C=O) groups excluding carboxylic acids is 1. The van der Waals surface area contributed by atoms with Crippen LogP contribution in [0, 0.1) is 5.92 Å². The lowest BCUT2D eigenvalue weighted by Gasteiger charge is -2.20. The van der Waals surface area contributed by atoms with Gasteiger partial charge in [0.25, 0.3) is 0 Å². The van der Waals surface area contributed by atoms with Crippen LogP contribution in [0.25, 0.3) is 0 Å². The Balaban J connectivity index is 1.83. The Hall–Kier alpha value is -0.660. The molecule has 2 nitrogen and oxygen atoms in total. The molecule has 0 aromatic rings. The number of nitrogens with zero attached hydrogens (tertiary/aromatic N) is 1. The molecule has 2 heteroatoms. The minimum absolute atomic E-state index is 0.153. The molecule has 84 valence electrons. The number of Topliss-reactive ketones (excluding diaryl/α,β-unsaturated/α-hetero) is 1. The lowest BCUT2D eigenvalue weighted by Crippen LogP contribution is -2.21. The molecule has 0 N–H and O–H groups in total. The number of carbonyl (C=O) groups is 1. The fraction of sp³-hybridized carbons (Fsp3) is 0.846. The summed E-state index contributed by atoms with van der Waals surface area (Å²) < 4.78 is 0. The number of hydrogen-bond donors (Lipinski definition) is 0. The van der Waals surface area contributed by atoms with Crippen molar-refractivity contribution < 1.29 is 4.79 Å². The largest absolute Gasteiger partial charge is 0.299 e. The highest BCUT2D eigenvalue weighted by atomic mass is 16.1. The van der Waals surface area contributed by atoms with E-state index >= 15 is 0 Å². The van der Waals surface area contributed by atoms with Crippen LogP contribution in [0.15, 0.2) is 4.99 Å². The standard InChI is InChI=1S/C13H21NO/c15-13-9-5-4-6-11(13)10-14-12-7-2-1-3-8-12/h10-12H,1-9H2. The number of aliphatic imine (C=N–C) groups is 1. The van der Waals surface area contributed by atoms with Crippen molar-refractivity contribution in [1.82, 2.24) is 0 Å². The summed E-state index contributed by atoms with van der Waals surface area (Å²) in [5.74, 6) is 0.571. The number of ketones is 1. The van der Waals surface area contributed by atoms with Gasteiger partial charge >= 0.3 is 0 Å². The Morgan fingerprint density at radius 1 is 1.00 bits per heavy atom. The van der Waals surface area contributed by atoms with Crippen LogP contribution in [-0.2, 0) is 4.79 Å². The topological polar surface area (TPSA) is 29.4 Å². The van der Waals surface area contributed by atoms with Gasteiger partial charge in [0.05, 0.1) is 5.92 Å². The first-order valence-corrected chi connectivity index (χ1v) is 6.42. The van der Waals surface area contributed by atoms with Gasteiger partial charge in [-0.1, -0.05) is 25.7 Å². The highest BCUT2D eigenvalue weighted by Gasteiger charge is 2.20. The van der Waals surface area contributed by atoms with Crippen LogP contribution >= 0.6 is 0 Å². The van der Waals surface area contributed by atoms with Crippen LogP contribution in [-0.4, -0.2) is 18.0 Å². The zero-order valence-corrected chi connectivity index (χ0v) is 9.45. The molecule has 0 heterocycles. The molecule has 15 heavy (non-hydrogen) atoms. The molecule has 0 aromatic carbocycles. The third-order valence-corrected chi connectivity index (χ3v) is 3.65. The molecule has 0 aromatic heterocycles.